The molecule has 4 aromatic rings. The Bertz CT molecular complexity index is 1760. The van der Waals surface area contributed by atoms with Gasteiger partial charge in [-0.1, -0.05) is 0 Å². The first-order chi connectivity index (χ1) is 22.3. The number of carbonyl (C=O) groups is 2. The Hall–Kier alpha value is -4.86. The summed E-state index contributed by atoms with van der Waals surface area (Å²) in [6, 6.07) is 7.25. The summed E-state index contributed by atoms with van der Waals surface area (Å²) in [5, 5.41) is 2.63. The van der Waals surface area contributed by atoms with Crippen molar-refractivity contribution < 1.29 is 47.5 Å². The number of ether oxygens (including phenoxy) is 8. The first-order valence-electron chi connectivity index (χ1n) is 15.1. The maximum atomic E-state index is 13.8. The first kappa shape index (κ1) is 31.1. The number of carbonyl (C=O) groups excluding carboxylic acids is 2. The van der Waals surface area contributed by atoms with Crippen LogP contribution in [0.1, 0.15) is 69.4 Å². The average molecular weight is 631 g/mol. The zero-order valence-electron chi connectivity index (χ0n) is 27.4. The number of fused-ring (bicyclic) bond motifs is 4. The monoisotopic (exact) mass is 630 g/mol. The highest BCUT2D eigenvalue weighted by Gasteiger charge is 2.44. The van der Waals surface area contributed by atoms with Gasteiger partial charge < -0.3 is 37.9 Å². The van der Waals surface area contributed by atoms with E-state index in [0.29, 0.717) is 91.5 Å². The smallest absolute Gasteiger partial charge is 0.167 e. The zero-order valence-corrected chi connectivity index (χ0v) is 27.4. The number of methoxy groups -OCH3 is 8. The van der Waals surface area contributed by atoms with Crippen molar-refractivity contribution in [2.45, 2.75) is 37.5 Å². The number of hydrogen-bond donors (Lipinski definition) is 0. The van der Waals surface area contributed by atoms with Gasteiger partial charge in [-0.25, -0.2) is 0 Å². The van der Waals surface area contributed by atoms with Crippen LogP contribution in [0.15, 0.2) is 24.3 Å². The van der Waals surface area contributed by atoms with E-state index in [2.05, 4.69) is 0 Å². The molecule has 0 saturated heterocycles. The predicted molar refractivity (Wildman–Crippen MR) is 173 cm³/mol. The second-order valence-electron chi connectivity index (χ2n) is 11.4. The van der Waals surface area contributed by atoms with Crippen LogP contribution in [-0.4, -0.2) is 68.4 Å². The van der Waals surface area contributed by atoms with Gasteiger partial charge in [-0.2, -0.15) is 0 Å². The fourth-order valence-corrected chi connectivity index (χ4v) is 7.60. The molecule has 10 heteroatoms. The largest absolute Gasteiger partial charge is 0.497 e. The minimum atomic E-state index is -0.242. The van der Waals surface area contributed by atoms with Crippen molar-refractivity contribution in [2.24, 2.45) is 0 Å². The summed E-state index contributed by atoms with van der Waals surface area (Å²) in [7, 11) is 12.6. The number of hydrogen-bond acceptors (Lipinski definition) is 10. The van der Waals surface area contributed by atoms with Gasteiger partial charge in [0.1, 0.15) is 46.0 Å². The summed E-state index contributed by atoms with van der Waals surface area (Å²) in [5.41, 5.74) is 2.38. The molecule has 0 unspecified atom stereocenters. The third-order valence-corrected chi connectivity index (χ3v) is 9.45. The third kappa shape index (κ3) is 4.45. The van der Waals surface area contributed by atoms with Crippen LogP contribution in [-0.2, 0) is 0 Å². The molecule has 0 bridgehead atoms. The van der Waals surface area contributed by atoms with Gasteiger partial charge in [-0.15, -0.1) is 0 Å². The third-order valence-electron chi connectivity index (χ3n) is 9.45. The topological polar surface area (TPSA) is 108 Å². The lowest BCUT2D eigenvalue weighted by Crippen LogP contribution is -2.27. The number of benzene rings is 4. The summed E-state index contributed by atoms with van der Waals surface area (Å²) < 4.78 is 47.1. The molecule has 0 radical (unpaired) electrons. The summed E-state index contributed by atoms with van der Waals surface area (Å²) in [6.45, 7) is 0. The van der Waals surface area contributed by atoms with Crippen LogP contribution < -0.4 is 37.9 Å². The molecular formula is C36H38O10. The molecule has 0 saturated carbocycles. The van der Waals surface area contributed by atoms with Crippen LogP contribution in [0.2, 0.25) is 0 Å². The summed E-state index contributed by atoms with van der Waals surface area (Å²) >= 11 is 0. The lowest BCUT2D eigenvalue weighted by molar-refractivity contribution is 0.0936. The quantitative estimate of drug-likeness (QED) is 0.194. The molecular weight excluding hydrogens is 592 g/mol. The molecule has 6 rings (SSSR count). The van der Waals surface area contributed by atoms with Crippen LogP contribution in [0.25, 0.3) is 21.5 Å². The molecule has 4 aromatic carbocycles. The number of Topliss-reactive ketones (excluding diaryl/α,β-unsaturated/α-hetero) is 2. The minimum absolute atomic E-state index is 0.0502. The normalized spacial score (nSPS) is 17.3. The van der Waals surface area contributed by atoms with Crippen molar-refractivity contribution in [1.82, 2.24) is 0 Å². The van der Waals surface area contributed by atoms with Crippen LogP contribution >= 0.6 is 0 Å². The average Bonchev–Trinajstić information content (AvgIpc) is 3.09. The van der Waals surface area contributed by atoms with E-state index in [1.54, 1.807) is 69.0 Å². The molecule has 0 spiro atoms. The number of rotatable bonds is 9. The lowest BCUT2D eigenvalue weighted by Gasteiger charge is -2.38. The Kier molecular flexibility index (Phi) is 8.22. The second kappa shape index (κ2) is 12.2. The highest BCUT2D eigenvalue weighted by Crippen LogP contribution is 2.59. The molecule has 10 nitrogen and oxygen atoms in total. The summed E-state index contributed by atoms with van der Waals surface area (Å²) in [5.74, 6) is 3.46. The van der Waals surface area contributed by atoms with E-state index in [4.69, 9.17) is 37.9 Å². The Morgan fingerprint density at radius 2 is 0.848 bits per heavy atom. The van der Waals surface area contributed by atoms with E-state index in [1.807, 2.05) is 12.1 Å². The van der Waals surface area contributed by atoms with Gasteiger partial charge in [0.2, 0.25) is 0 Å². The Balaban J connectivity index is 1.73. The van der Waals surface area contributed by atoms with E-state index in [1.165, 1.54) is 0 Å². The van der Waals surface area contributed by atoms with Crippen molar-refractivity contribution in [3.05, 3.63) is 46.5 Å². The molecule has 2 atom stereocenters. The molecule has 2 aliphatic rings. The first-order valence-corrected chi connectivity index (χ1v) is 15.1. The van der Waals surface area contributed by atoms with Crippen molar-refractivity contribution in [3.63, 3.8) is 0 Å². The molecule has 2 aliphatic carbocycles. The van der Waals surface area contributed by atoms with Crippen LogP contribution in [0.5, 0.6) is 46.0 Å². The van der Waals surface area contributed by atoms with Gasteiger partial charge in [0.15, 0.2) is 11.6 Å². The lowest BCUT2D eigenvalue weighted by atomic mass is 9.66. The van der Waals surface area contributed by atoms with Crippen molar-refractivity contribution in [1.29, 1.82) is 0 Å². The van der Waals surface area contributed by atoms with Gasteiger partial charge in [0.25, 0.3) is 0 Å². The highest BCUT2D eigenvalue weighted by molar-refractivity contribution is 6.14. The Morgan fingerprint density at radius 3 is 1.15 bits per heavy atom. The maximum Gasteiger partial charge on any atom is 0.167 e. The maximum absolute atomic E-state index is 13.8. The molecule has 0 fully saturated rings. The molecule has 0 N–H and O–H groups in total. The summed E-state index contributed by atoms with van der Waals surface area (Å²) in [4.78, 5) is 27.7. The highest BCUT2D eigenvalue weighted by atomic mass is 16.5. The second-order valence-corrected chi connectivity index (χ2v) is 11.4. The van der Waals surface area contributed by atoms with E-state index in [9.17, 15) is 9.59 Å². The molecule has 0 aromatic heterocycles. The van der Waals surface area contributed by atoms with Gasteiger partial charge in [-0.3, -0.25) is 9.59 Å². The van der Waals surface area contributed by atoms with Crippen LogP contribution in [0.4, 0.5) is 0 Å². The van der Waals surface area contributed by atoms with Gasteiger partial charge in [0.05, 0.1) is 78.8 Å². The van der Waals surface area contributed by atoms with Gasteiger partial charge >= 0.3 is 0 Å². The predicted octanol–water partition coefficient (Wildman–Crippen LogP) is 6.88. The SMILES string of the molecule is COc1cc(OC)c2c(OC)c3c(c(OC)c2c1)[C@H]([C@@H]1CCC(=O)c2c1c(OC)c1cc(OC)cc(OC)c1c2OC)CCC3=O. The fourth-order valence-electron chi connectivity index (χ4n) is 7.60. The van der Waals surface area contributed by atoms with E-state index in [-0.39, 0.29) is 36.2 Å². The van der Waals surface area contributed by atoms with Gasteiger partial charge in [-0.05, 0) is 36.8 Å². The van der Waals surface area contributed by atoms with Crippen molar-refractivity contribution in [3.8, 4) is 46.0 Å². The van der Waals surface area contributed by atoms with Gasteiger partial charge in [0, 0.05) is 46.9 Å². The van der Waals surface area contributed by atoms with Crippen LogP contribution in [0, 0.1) is 0 Å². The van der Waals surface area contributed by atoms with Crippen molar-refractivity contribution in [2.75, 3.05) is 56.9 Å². The minimum Gasteiger partial charge on any atom is -0.497 e. The van der Waals surface area contributed by atoms with Crippen LogP contribution in [0.3, 0.4) is 0 Å². The molecule has 0 amide bonds. The Labute approximate surface area is 267 Å². The number of ketones is 2. The zero-order chi connectivity index (χ0) is 32.9. The Morgan fingerprint density at radius 1 is 0.478 bits per heavy atom. The van der Waals surface area contributed by atoms with E-state index < -0.39 is 0 Å². The standard InChI is InChI=1S/C36H38O10/c1-39-17-13-21-27(25(15-17)41-3)35(45-7)31-23(37)11-9-19(29(31)33(21)43-5)20-10-12-24(38)32-30(20)34(44-6)22-14-18(40-2)16-26(42-4)28(22)36(32)46-8/h13-16,19-20H,9-12H2,1-8H3/t19-,20-/m0/s1. The molecule has 0 heterocycles. The fraction of sp³-hybridized carbons (Fsp3) is 0.389. The molecule has 242 valence electrons. The summed E-state index contributed by atoms with van der Waals surface area (Å²) in [6.07, 6.45) is 1.63. The van der Waals surface area contributed by atoms with E-state index >= 15 is 0 Å². The molecule has 46 heavy (non-hydrogen) atoms. The van der Waals surface area contributed by atoms with E-state index in [0.717, 1.165) is 11.1 Å². The van der Waals surface area contributed by atoms with Crippen molar-refractivity contribution >= 4 is 33.1 Å². The molecule has 0 aliphatic heterocycles.